The Morgan fingerprint density at radius 3 is 2.97 bits per heavy atom. The van der Waals surface area contributed by atoms with Gasteiger partial charge in [0, 0.05) is 25.3 Å². The first-order chi connectivity index (χ1) is 14.7. The molecule has 0 unspecified atom stereocenters. The number of carbonyl (C=O) groups excluding carboxylic acids is 1. The van der Waals surface area contributed by atoms with Gasteiger partial charge in [0.15, 0.2) is 0 Å². The molecule has 2 N–H and O–H groups in total. The molecule has 1 amide bonds. The summed E-state index contributed by atoms with van der Waals surface area (Å²) in [7, 11) is 0. The van der Waals surface area contributed by atoms with Crippen LogP contribution in [0.3, 0.4) is 0 Å². The van der Waals surface area contributed by atoms with Crippen molar-refractivity contribution >= 4 is 44.9 Å². The van der Waals surface area contributed by atoms with Crippen LogP contribution in [0.1, 0.15) is 38.1 Å². The lowest BCUT2D eigenvalue weighted by Gasteiger charge is -2.32. The van der Waals surface area contributed by atoms with Gasteiger partial charge in [-0.3, -0.25) is 9.48 Å². The summed E-state index contributed by atoms with van der Waals surface area (Å²) in [6.07, 6.45) is 10.9. The second-order valence-corrected chi connectivity index (χ2v) is 8.84. The van der Waals surface area contributed by atoms with Gasteiger partial charge in [0.05, 0.1) is 28.1 Å². The molecule has 1 aliphatic carbocycles. The smallest absolute Gasteiger partial charge is 0.246 e. The highest BCUT2D eigenvalue weighted by Gasteiger charge is 2.24. The van der Waals surface area contributed by atoms with Crippen LogP contribution in [0.5, 0.6) is 0 Å². The number of thiophene rings is 1. The Morgan fingerprint density at radius 1 is 1.27 bits per heavy atom. The lowest BCUT2D eigenvalue weighted by atomic mass is 9.93. The summed E-state index contributed by atoms with van der Waals surface area (Å²) in [4.78, 5) is 23.3. The molecule has 156 valence electrons. The standard InChI is InChI=1S/C21H25N7OS/c1-2-18(29)27-9-4-5-14(12-27)23-20-19-17(8-10-30-19)25-21(26-20)24-15-11-22-28(13-15)16-6-3-7-16/h2,8,10-11,13-14,16H,1,3-7,9,12H2,(H2,23,24,25,26)/t14-/m1/s1. The lowest BCUT2D eigenvalue weighted by Crippen LogP contribution is -2.44. The first-order valence-electron chi connectivity index (χ1n) is 10.4. The molecule has 5 rings (SSSR count). The van der Waals surface area contributed by atoms with Crippen molar-refractivity contribution in [2.75, 3.05) is 23.7 Å². The highest BCUT2D eigenvalue weighted by Crippen LogP contribution is 2.32. The monoisotopic (exact) mass is 423 g/mol. The maximum absolute atomic E-state index is 12.0. The highest BCUT2D eigenvalue weighted by atomic mass is 32.1. The van der Waals surface area contributed by atoms with Crippen LogP contribution in [0.2, 0.25) is 0 Å². The molecule has 30 heavy (non-hydrogen) atoms. The van der Waals surface area contributed by atoms with E-state index in [9.17, 15) is 4.79 Å². The zero-order valence-electron chi connectivity index (χ0n) is 16.8. The van der Waals surface area contributed by atoms with Gasteiger partial charge < -0.3 is 15.5 Å². The fourth-order valence-electron chi connectivity index (χ4n) is 4.02. The number of likely N-dealkylation sites (tertiary alicyclic amines) is 1. The Hall–Kier alpha value is -2.94. The maximum atomic E-state index is 12.0. The Morgan fingerprint density at radius 2 is 2.17 bits per heavy atom. The predicted molar refractivity (Wildman–Crippen MR) is 119 cm³/mol. The Kier molecular flexibility index (Phi) is 5.12. The molecule has 1 aliphatic heterocycles. The van der Waals surface area contributed by atoms with Gasteiger partial charge in [-0.05, 0) is 49.6 Å². The van der Waals surface area contributed by atoms with Crippen molar-refractivity contribution < 1.29 is 4.79 Å². The molecule has 2 fully saturated rings. The number of hydrogen-bond donors (Lipinski definition) is 2. The quantitative estimate of drug-likeness (QED) is 0.584. The number of aromatic nitrogens is 4. The minimum atomic E-state index is -0.0173. The van der Waals surface area contributed by atoms with Gasteiger partial charge in [-0.1, -0.05) is 6.58 Å². The van der Waals surface area contributed by atoms with E-state index in [1.165, 1.54) is 25.3 Å². The van der Waals surface area contributed by atoms with Gasteiger partial charge >= 0.3 is 0 Å². The van der Waals surface area contributed by atoms with Crippen LogP contribution in [-0.2, 0) is 4.79 Å². The van der Waals surface area contributed by atoms with Gasteiger partial charge in [-0.2, -0.15) is 10.1 Å². The first kappa shape index (κ1) is 19.0. The summed E-state index contributed by atoms with van der Waals surface area (Å²) < 4.78 is 3.05. The molecule has 0 aromatic carbocycles. The number of fused-ring (bicyclic) bond motifs is 1. The summed E-state index contributed by atoms with van der Waals surface area (Å²) in [5, 5.41) is 13.4. The molecule has 2 aliphatic rings. The van der Waals surface area contributed by atoms with Crippen molar-refractivity contribution in [3.05, 3.63) is 36.5 Å². The summed E-state index contributed by atoms with van der Waals surface area (Å²) >= 11 is 1.62. The first-order valence-corrected chi connectivity index (χ1v) is 11.3. The van der Waals surface area contributed by atoms with Crippen LogP contribution < -0.4 is 10.6 Å². The topological polar surface area (TPSA) is 88.0 Å². The number of rotatable bonds is 6. The maximum Gasteiger partial charge on any atom is 0.246 e. The Bertz CT molecular complexity index is 1070. The van der Waals surface area contributed by atoms with E-state index in [-0.39, 0.29) is 11.9 Å². The number of nitrogens with zero attached hydrogens (tertiary/aromatic N) is 5. The van der Waals surface area contributed by atoms with Crippen LogP contribution >= 0.6 is 11.3 Å². The Labute approximate surface area is 179 Å². The van der Waals surface area contributed by atoms with E-state index < -0.39 is 0 Å². The van der Waals surface area contributed by atoms with E-state index in [1.807, 2.05) is 33.4 Å². The molecule has 3 aromatic heterocycles. The van der Waals surface area contributed by atoms with Crippen LogP contribution in [-0.4, -0.2) is 49.7 Å². The average Bonchev–Trinajstić information content (AvgIpc) is 3.36. The molecule has 1 saturated heterocycles. The molecule has 0 bridgehead atoms. The molecule has 4 heterocycles. The highest BCUT2D eigenvalue weighted by molar-refractivity contribution is 7.17. The minimum Gasteiger partial charge on any atom is -0.364 e. The van der Waals surface area contributed by atoms with Crippen molar-refractivity contribution in [1.82, 2.24) is 24.6 Å². The van der Waals surface area contributed by atoms with Gasteiger partial charge in [-0.15, -0.1) is 11.3 Å². The molecule has 0 radical (unpaired) electrons. The SMILES string of the molecule is C=CC(=O)N1CCC[C@@H](Nc2nc(Nc3cnn(C4CCC4)c3)nc3ccsc23)C1. The molecular formula is C21H25N7OS. The average molecular weight is 424 g/mol. The minimum absolute atomic E-state index is 0.0173. The van der Waals surface area contributed by atoms with Crippen molar-refractivity contribution in [2.45, 2.75) is 44.2 Å². The van der Waals surface area contributed by atoms with E-state index in [2.05, 4.69) is 27.3 Å². The predicted octanol–water partition coefficient (Wildman–Crippen LogP) is 3.95. The fourth-order valence-corrected chi connectivity index (χ4v) is 4.80. The van der Waals surface area contributed by atoms with Crippen molar-refractivity contribution in [3.8, 4) is 0 Å². The third-order valence-corrected chi connectivity index (χ3v) is 6.77. The van der Waals surface area contributed by atoms with E-state index in [0.717, 1.165) is 41.1 Å². The molecular weight excluding hydrogens is 398 g/mol. The van der Waals surface area contributed by atoms with E-state index in [4.69, 9.17) is 4.98 Å². The molecule has 9 heteroatoms. The van der Waals surface area contributed by atoms with Crippen LogP contribution in [0, 0.1) is 0 Å². The lowest BCUT2D eigenvalue weighted by molar-refractivity contribution is -0.127. The number of anilines is 3. The summed E-state index contributed by atoms with van der Waals surface area (Å²) in [6, 6.07) is 2.67. The van der Waals surface area contributed by atoms with Crippen LogP contribution in [0.25, 0.3) is 10.2 Å². The summed E-state index contributed by atoms with van der Waals surface area (Å²) in [5.41, 5.74) is 1.80. The van der Waals surface area contributed by atoms with Gasteiger partial charge in [0.2, 0.25) is 11.9 Å². The summed E-state index contributed by atoms with van der Waals surface area (Å²) in [5.74, 6) is 1.34. The number of carbonyl (C=O) groups is 1. The zero-order valence-corrected chi connectivity index (χ0v) is 17.6. The molecule has 8 nitrogen and oxygen atoms in total. The molecule has 3 aromatic rings. The normalized spacial score (nSPS) is 19.5. The van der Waals surface area contributed by atoms with Crippen molar-refractivity contribution in [2.24, 2.45) is 0 Å². The van der Waals surface area contributed by atoms with Crippen molar-refractivity contribution in [1.29, 1.82) is 0 Å². The zero-order chi connectivity index (χ0) is 20.5. The van der Waals surface area contributed by atoms with Gasteiger partial charge in [-0.25, -0.2) is 4.98 Å². The number of hydrogen-bond acceptors (Lipinski definition) is 7. The van der Waals surface area contributed by atoms with E-state index in [0.29, 0.717) is 18.5 Å². The second-order valence-electron chi connectivity index (χ2n) is 7.92. The number of piperidine rings is 1. The Balaban J connectivity index is 1.35. The second kappa shape index (κ2) is 8.06. The van der Waals surface area contributed by atoms with Crippen molar-refractivity contribution in [3.63, 3.8) is 0 Å². The van der Waals surface area contributed by atoms with Gasteiger partial charge in [0.25, 0.3) is 0 Å². The third-order valence-electron chi connectivity index (χ3n) is 5.86. The van der Waals surface area contributed by atoms with Gasteiger partial charge in [0.1, 0.15) is 5.82 Å². The van der Waals surface area contributed by atoms with Crippen LogP contribution in [0.4, 0.5) is 17.5 Å². The third kappa shape index (κ3) is 3.77. The van der Waals surface area contributed by atoms with Crippen LogP contribution in [0.15, 0.2) is 36.5 Å². The van der Waals surface area contributed by atoms with E-state index >= 15 is 0 Å². The largest absolute Gasteiger partial charge is 0.364 e. The fraction of sp³-hybridized carbons (Fsp3) is 0.429. The molecule has 1 saturated carbocycles. The molecule has 1 atom stereocenters. The number of amides is 1. The van der Waals surface area contributed by atoms with E-state index in [1.54, 1.807) is 11.3 Å². The number of nitrogens with one attached hydrogen (secondary N) is 2. The summed E-state index contributed by atoms with van der Waals surface area (Å²) in [6.45, 7) is 5.03. The molecule has 0 spiro atoms.